The van der Waals surface area contributed by atoms with Gasteiger partial charge in [-0.2, -0.15) is 0 Å². The van der Waals surface area contributed by atoms with E-state index in [-0.39, 0.29) is 12.5 Å². The zero-order chi connectivity index (χ0) is 14.3. The first kappa shape index (κ1) is 15.0. The third kappa shape index (κ3) is 5.42. The van der Waals surface area contributed by atoms with E-state index in [0.717, 1.165) is 12.0 Å². The third-order valence-corrected chi connectivity index (χ3v) is 2.74. The van der Waals surface area contributed by atoms with E-state index in [2.05, 4.69) is 5.32 Å². The number of carboxylic acids is 1. The highest BCUT2D eigenvalue weighted by Crippen LogP contribution is 2.11. The Morgan fingerprint density at radius 3 is 2.42 bits per heavy atom. The molecule has 5 heteroatoms. The Hall–Kier alpha value is -2.04. The van der Waals surface area contributed by atoms with Crippen molar-refractivity contribution >= 4 is 17.7 Å². The van der Waals surface area contributed by atoms with Gasteiger partial charge in [0.05, 0.1) is 0 Å². The number of hydrogen-bond donors (Lipinski definition) is 2. The largest absolute Gasteiger partial charge is 0.481 e. The molecule has 5 nitrogen and oxygen atoms in total. The van der Waals surface area contributed by atoms with Gasteiger partial charge in [-0.3, -0.25) is 4.79 Å². The number of amides is 2. The molecule has 0 aromatic heterocycles. The highest BCUT2D eigenvalue weighted by atomic mass is 16.4. The minimum absolute atomic E-state index is 0.116. The lowest BCUT2D eigenvalue weighted by Gasteiger charge is -2.17. The number of aliphatic carboxylic acids is 1. The lowest BCUT2D eigenvalue weighted by molar-refractivity contribution is -0.136. The van der Waals surface area contributed by atoms with E-state index in [1.807, 2.05) is 19.1 Å². The van der Waals surface area contributed by atoms with Crippen molar-refractivity contribution in [2.75, 3.05) is 18.9 Å². The van der Waals surface area contributed by atoms with Crippen LogP contribution < -0.4 is 5.32 Å². The van der Waals surface area contributed by atoms with Gasteiger partial charge in [0.15, 0.2) is 0 Å². The molecule has 0 unspecified atom stereocenters. The first-order chi connectivity index (χ1) is 9.02. The van der Waals surface area contributed by atoms with E-state index < -0.39 is 5.97 Å². The molecule has 104 valence electrons. The fourth-order valence-corrected chi connectivity index (χ4v) is 1.66. The Balaban J connectivity index is 2.52. The Morgan fingerprint density at radius 2 is 1.89 bits per heavy atom. The third-order valence-electron chi connectivity index (χ3n) is 2.74. The van der Waals surface area contributed by atoms with Gasteiger partial charge in [0.2, 0.25) is 0 Å². The van der Waals surface area contributed by atoms with Crippen molar-refractivity contribution in [3.8, 4) is 0 Å². The van der Waals surface area contributed by atoms with E-state index in [0.29, 0.717) is 18.7 Å². The molecule has 0 spiro atoms. The van der Waals surface area contributed by atoms with Gasteiger partial charge in [-0.25, -0.2) is 4.79 Å². The topological polar surface area (TPSA) is 69.6 Å². The Morgan fingerprint density at radius 1 is 1.26 bits per heavy atom. The number of urea groups is 1. The summed E-state index contributed by atoms with van der Waals surface area (Å²) in [5.74, 6) is -0.807. The fraction of sp³-hybridized carbons (Fsp3) is 0.429. The molecule has 2 amide bonds. The van der Waals surface area contributed by atoms with Crippen LogP contribution in [0.5, 0.6) is 0 Å². The first-order valence-corrected chi connectivity index (χ1v) is 6.35. The molecule has 0 bridgehead atoms. The minimum atomic E-state index is -0.807. The van der Waals surface area contributed by atoms with Crippen molar-refractivity contribution in [1.29, 1.82) is 0 Å². The van der Waals surface area contributed by atoms with Crippen molar-refractivity contribution in [2.24, 2.45) is 0 Å². The summed E-state index contributed by atoms with van der Waals surface area (Å²) in [5, 5.41) is 11.4. The number of benzene rings is 1. The summed E-state index contributed by atoms with van der Waals surface area (Å²) in [6, 6.07) is 7.10. The number of carbonyl (C=O) groups is 2. The summed E-state index contributed by atoms with van der Waals surface area (Å²) in [6.07, 6.45) is 1.53. The van der Waals surface area contributed by atoms with Gasteiger partial charge in [-0.05, 0) is 30.5 Å². The number of anilines is 1. The zero-order valence-corrected chi connectivity index (χ0v) is 11.3. The SMILES string of the molecule is CCCN(C)C(=O)Nc1ccc(CCC(=O)O)cc1. The smallest absolute Gasteiger partial charge is 0.321 e. The monoisotopic (exact) mass is 264 g/mol. The van der Waals surface area contributed by atoms with Crippen LogP contribution in [0.15, 0.2) is 24.3 Å². The quantitative estimate of drug-likeness (QED) is 0.829. The van der Waals surface area contributed by atoms with E-state index >= 15 is 0 Å². The maximum Gasteiger partial charge on any atom is 0.321 e. The summed E-state index contributed by atoms with van der Waals surface area (Å²) < 4.78 is 0. The Kier molecular flexibility index (Phi) is 5.85. The molecule has 1 rings (SSSR count). The zero-order valence-electron chi connectivity index (χ0n) is 11.3. The van der Waals surface area contributed by atoms with Gasteiger partial charge >= 0.3 is 12.0 Å². The second kappa shape index (κ2) is 7.41. The van der Waals surface area contributed by atoms with Crippen molar-refractivity contribution < 1.29 is 14.7 Å². The number of nitrogens with one attached hydrogen (secondary N) is 1. The molecule has 2 N–H and O–H groups in total. The molecule has 0 aliphatic carbocycles. The van der Waals surface area contributed by atoms with Gasteiger partial charge in [0.25, 0.3) is 0 Å². The fourth-order valence-electron chi connectivity index (χ4n) is 1.66. The molecular formula is C14H20N2O3. The molecule has 0 aliphatic rings. The van der Waals surface area contributed by atoms with Crippen LogP contribution in [0.3, 0.4) is 0 Å². The van der Waals surface area contributed by atoms with Crippen LogP contribution in [0, 0.1) is 0 Å². The van der Waals surface area contributed by atoms with Crippen LogP contribution in [0.1, 0.15) is 25.3 Å². The van der Waals surface area contributed by atoms with E-state index in [9.17, 15) is 9.59 Å². The molecule has 0 heterocycles. The lowest BCUT2D eigenvalue weighted by atomic mass is 10.1. The summed E-state index contributed by atoms with van der Waals surface area (Å²) >= 11 is 0. The highest BCUT2D eigenvalue weighted by molar-refractivity contribution is 5.89. The van der Waals surface area contributed by atoms with Gasteiger partial charge in [-0.15, -0.1) is 0 Å². The number of hydrogen-bond acceptors (Lipinski definition) is 2. The summed E-state index contributed by atoms with van der Waals surface area (Å²) in [7, 11) is 1.75. The van der Waals surface area contributed by atoms with Crippen LogP contribution in [-0.4, -0.2) is 35.6 Å². The van der Waals surface area contributed by atoms with Crippen LogP contribution in [-0.2, 0) is 11.2 Å². The van der Waals surface area contributed by atoms with E-state index in [4.69, 9.17) is 5.11 Å². The average Bonchev–Trinajstić information content (AvgIpc) is 2.38. The molecule has 0 saturated carbocycles. The molecule has 0 atom stereocenters. The Bertz CT molecular complexity index is 429. The number of nitrogens with zero attached hydrogens (tertiary/aromatic N) is 1. The molecule has 0 radical (unpaired) electrons. The summed E-state index contributed by atoms with van der Waals surface area (Å²) in [4.78, 5) is 23.8. The van der Waals surface area contributed by atoms with Crippen LogP contribution in [0.2, 0.25) is 0 Å². The summed E-state index contributed by atoms with van der Waals surface area (Å²) in [5.41, 5.74) is 1.66. The average molecular weight is 264 g/mol. The molecule has 19 heavy (non-hydrogen) atoms. The van der Waals surface area contributed by atoms with E-state index in [1.54, 1.807) is 24.1 Å². The molecular weight excluding hydrogens is 244 g/mol. The van der Waals surface area contributed by atoms with Crippen molar-refractivity contribution in [1.82, 2.24) is 4.90 Å². The molecule has 1 aromatic rings. The normalized spacial score (nSPS) is 10.0. The molecule has 0 aliphatic heterocycles. The van der Waals surface area contributed by atoms with Crippen LogP contribution >= 0.6 is 0 Å². The van der Waals surface area contributed by atoms with Gasteiger partial charge < -0.3 is 15.3 Å². The first-order valence-electron chi connectivity index (χ1n) is 6.35. The maximum atomic E-state index is 11.7. The summed E-state index contributed by atoms with van der Waals surface area (Å²) in [6.45, 7) is 2.73. The lowest BCUT2D eigenvalue weighted by Crippen LogP contribution is -2.31. The number of carbonyl (C=O) groups excluding carboxylic acids is 1. The maximum absolute atomic E-state index is 11.7. The van der Waals surface area contributed by atoms with Crippen molar-refractivity contribution in [3.05, 3.63) is 29.8 Å². The number of aryl methyl sites for hydroxylation is 1. The Labute approximate surface area is 113 Å². The van der Waals surface area contributed by atoms with E-state index in [1.165, 1.54) is 0 Å². The predicted octanol–water partition coefficient (Wildman–Crippen LogP) is 2.58. The number of carboxylic acid groups (broad SMARTS) is 1. The van der Waals surface area contributed by atoms with Crippen LogP contribution in [0.25, 0.3) is 0 Å². The van der Waals surface area contributed by atoms with Crippen molar-refractivity contribution in [3.63, 3.8) is 0 Å². The van der Waals surface area contributed by atoms with Gasteiger partial charge in [0, 0.05) is 25.7 Å². The van der Waals surface area contributed by atoms with Crippen LogP contribution in [0.4, 0.5) is 10.5 Å². The number of rotatable bonds is 6. The minimum Gasteiger partial charge on any atom is -0.481 e. The highest BCUT2D eigenvalue weighted by Gasteiger charge is 2.07. The van der Waals surface area contributed by atoms with Gasteiger partial charge in [-0.1, -0.05) is 19.1 Å². The van der Waals surface area contributed by atoms with Crippen molar-refractivity contribution in [2.45, 2.75) is 26.2 Å². The second-order valence-electron chi connectivity index (χ2n) is 4.44. The second-order valence-corrected chi connectivity index (χ2v) is 4.44. The molecule has 0 fully saturated rings. The van der Waals surface area contributed by atoms with Gasteiger partial charge in [0.1, 0.15) is 0 Å². The predicted molar refractivity (Wildman–Crippen MR) is 74.3 cm³/mol. The molecule has 1 aromatic carbocycles. The molecule has 0 saturated heterocycles. The standard InChI is InChI=1S/C14H20N2O3/c1-3-10-16(2)14(19)15-12-7-4-11(5-8-12)6-9-13(17)18/h4-5,7-8H,3,6,9-10H2,1-2H3,(H,15,19)(H,17,18).